The summed E-state index contributed by atoms with van der Waals surface area (Å²) in [5.41, 5.74) is 0.884. The summed E-state index contributed by atoms with van der Waals surface area (Å²) in [5.74, 6) is -0.946. The second-order valence-electron chi connectivity index (χ2n) is 4.91. The van der Waals surface area contributed by atoms with Crippen LogP contribution in [0.1, 0.15) is 12.5 Å². The molecule has 2 rings (SSSR count). The van der Waals surface area contributed by atoms with E-state index < -0.39 is 16.7 Å². The molecule has 2 amide bonds. The molecule has 0 spiro atoms. The van der Waals surface area contributed by atoms with Crippen molar-refractivity contribution in [2.24, 2.45) is 0 Å². The molecule has 0 heterocycles. The number of nitro benzene ring substituents is 1. The molecule has 0 aromatic heterocycles. The predicted octanol–water partition coefficient (Wildman–Crippen LogP) is 2.71. The van der Waals surface area contributed by atoms with Crippen LogP contribution in [0.15, 0.2) is 60.3 Å². The first-order valence-electron chi connectivity index (χ1n) is 7.06. The lowest BCUT2D eigenvalue weighted by molar-refractivity contribution is -0.384. The van der Waals surface area contributed by atoms with Crippen LogP contribution in [0.2, 0.25) is 0 Å². The molecule has 0 aliphatic rings. The maximum absolute atomic E-state index is 12.3. The molecule has 2 N–H and O–H groups in total. The first-order chi connectivity index (χ1) is 11.5. The van der Waals surface area contributed by atoms with Crippen molar-refractivity contribution in [3.05, 3.63) is 76.0 Å². The number of carbonyl (C=O) groups is 2. The first kappa shape index (κ1) is 16.9. The third-order valence-corrected chi connectivity index (χ3v) is 2.98. The highest BCUT2D eigenvalue weighted by Crippen LogP contribution is 2.16. The number of hydrogen-bond donors (Lipinski definition) is 2. The van der Waals surface area contributed by atoms with Crippen LogP contribution >= 0.6 is 0 Å². The Morgan fingerprint density at radius 3 is 2.42 bits per heavy atom. The van der Waals surface area contributed by atoms with Crippen molar-refractivity contribution in [2.45, 2.75) is 6.92 Å². The normalized spacial score (nSPS) is 10.8. The summed E-state index contributed by atoms with van der Waals surface area (Å²) >= 11 is 0. The lowest BCUT2D eigenvalue weighted by Crippen LogP contribution is -2.28. The smallest absolute Gasteiger partial charge is 0.272 e. The largest absolute Gasteiger partial charge is 0.322 e. The van der Waals surface area contributed by atoms with Crippen LogP contribution in [0.3, 0.4) is 0 Å². The second kappa shape index (κ2) is 7.68. The summed E-state index contributed by atoms with van der Waals surface area (Å²) in [7, 11) is 0. The highest BCUT2D eigenvalue weighted by Gasteiger charge is 2.12. The van der Waals surface area contributed by atoms with Gasteiger partial charge in [0.15, 0.2) is 0 Å². The zero-order chi connectivity index (χ0) is 17.5. The minimum absolute atomic E-state index is 0.00755. The van der Waals surface area contributed by atoms with Gasteiger partial charge < -0.3 is 10.6 Å². The topological polar surface area (TPSA) is 101 Å². The van der Waals surface area contributed by atoms with Crippen LogP contribution < -0.4 is 10.6 Å². The summed E-state index contributed by atoms with van der Waals surface area (Å²) in [6.45, 7) is 1.27. The van der Waals surface area contributed by atoms with Gasteiger partial charge in [-0.2, -0.15) is 0 Å². The number of benzene rings is 2. The Bertz CT molecular complexity index is 800. The van der Waals surface area contributed by atoms with Gasteiger partial charge in [-0.1, -0.05) is 30.3 Å². The van der Waals surface area contributed by atoms with E-state index in [9.17, 15) is 19.7 Å². The Labute approximate surface area is 138 Å². The average molecular weight is 325 g/mol. The quantitative estimate of drug-likeness (QED) is 0.501. The van der Waals surface area contributed by atoms with E-state index in [1.165, 1.54) is 31.2 Å². The predicted molar refractivity (Wildman–Crippen MR) is 90.0 cm³/mol. The van der Waals surface area contributed by atoms with E-state index in [4.69, 9.17) is 0 Å². The summed E-state index contributed by atoms with van der Waals surface area (Å²) < 4.78 is 0. The molecule has 0 saturated heterocycles. The lowest BCUT2D eigenvalue weighted by atomic mass is 10.1. The average Bonchev–Trinajstić information content (AvgIpc) is 2.55. The van der Waals surface area contributed by atoms with Gasteiger partial charge in [0, 0.05) is 24.7 Å². The fourth-order valence-corrected chi connectivity index (χ4v) is 1.96. The van der Waals surface area contributed by atoms with Gasteiger partial charge in [-0.25, -0.2) is 0 Å². The summed E-state index contributed by atoms with van der Waals surface area (Å²) in [4.78, 5) is 34.0. The molecule has 2 aromatic rings. The van der Waals surface area contributed by atoms with Gasteiger partial charge in [0.1, 0.15) is 5.70 Å². The summed E-state index contributed by atoms with van der Waals surface area (Å²) in [5, 5.41) is 15.9. The fraction of sp³-hybridized carbons (Fsp3) is 0.0588. The molecule has 0 unspecified atom stereocenters. The van der Waals surface area contributed by atoms with Gasteiger partial charge in [-0.15, -0.1) is 0 Å². The molecular formula is C17H15N3O4. The molecule has 0 aliphatic heterocycles. The van der Waals surface area contributed by atoms with E-state index in [1.807, 2.05) is 6.07 Å². The van der Waals surface area contributed by atoms with E-state index in [0.29, 0.717) is 11.3 Å². The number of para-hydroxylation sites is 1. The van der Waals surface area contributed by atoms with Crippen molar-refractivity contribution >= 4 is 29.3 Å². The number of anilines is 1. The molecular weight excluding hydrogens is 310 g/mol. The molecule has 7 heteroatoms. The van der Waals surface area contributed by atoms with E-state index in [1.54, 1.807) is 30.3 Å². The zero-order valence-corrected chi connectivity index (χ0v) is 12.9. The highest BCUT2D eigenvalue weighted by atomic mass is 16.6. The van der Waals surface area contributed by atoms with Gasteiger partial charge in [0.05, 0.1) is 4.92 Å². The number of non-ortho nitro benzene ring substituents is 1. The Balaban J connectivity index is 2.30. The second-order valence-corrected chi connectivity index (χ2v) is 4.91. The van der Waals surface area contributed by atoms with Gasteiger partial charge in [-0.05, 0) is 23.8 Å². The first-order valence-corrected chi connectivity index (χ1v) is 7.06. The van der Waals surface area contributed by atoms with Crippen LogP contribution in [0.4, 0.5) is 11.4 Å². The molecule has 24 heavy (non-hydrogen) atoms. The molecule has 0 saturated carbocycles. The van der Waals surface area contributed by atoms with Crippen LogP contribution in [0, 0.1) is 10.1 Å². The number of nitrogens with zero attached hydrogens (tertiary/aromatic N) is 1. The van der Waals surface area contributed by atoms with Gasteiger partial charge >= 0.3 is 0 Å². The number of amides is 2. The molecule has 122 valence electrons. The van der Waals surface area contributed by atoms with E-state index in [2.05, 4.69) is 10.6 Å². The third kappa shape index (κ3) is 4.77. The Kier molecular flexibility index (Phi) is 5.40. The van der Waals surface area contributed by atoms with Crippen molar-refractivity contribution in [3.8, 4) is 0 Å². The summed E-state index contributed by atoms with van der Waals surface area (Å²) in [6, 6.07) is 14.5. The highest BCUT2D eigenvalue weighted by molar-refractivity contribution is 6.08. The third-order valence-electron chi connectivity index (χ3n) is 2.98. The van der Waals surface area contributed by atoms with Crippen LogP contribution in [0.5, 0.6) is 0 Å². The molecule has 0 radical (unpaired) electrons. The van der Waals surface area contributed by atoms with Crippen molar-refractivity contribution in [2.75, 3.05) is 5.32 Å². The zero-order valence-electron chi connectivity index (χ0n) is 12.9. The molecule has 2 aromatic carbocycles. The number of nitro groups is 1. The van der Waals surface area contributed by atoms with Crippen LogP contribution in [0.25, 0.3) is 6.08 Å². The van der Waals surface area contributed by atoms with Crippen LogP contribution in [-0.2, 0) is 9.59 Å². The lowest BCUT2D eigenvalue weighted by Gasteiger charge is -2.09. The van der Waals surface area contributed by atoms with Gasteiger partial charge in [0.25, 0.3) is 11.6 Å². The minimum atomic E-state index is -0.528. The molecule has 0 fully saturated rings. The number of nitrogens with one attached hydrogen (secondary N) is 2. The Hall–Kier alpha value is -3.48. The molecule has 0 aliphatic carbocycles. The number of rotatable bonds is 5. The van der Waals surface area contributed by atoms with Crippen molar-refractivity contribution in [3.63, 3.8) is 0 Å². The Morgan fingerprint density at radius 2 is 1.79 bits per heavy atom. The maximum atomic E-state index is 12.3. The minimum Gasteiger partial charge on any atom is -0.322 e. The van der Waals surface area contributed by atoms with E-state index in [-0.39, 0.29) is 11.4 Å². The number of hydrogen-bond acceptors (Lipinski definition) is 4. The standard InChI is InChI=1S/C17H15N3O4/c1-12(21)18-16(17(22)19-14-7-3-2-4-8-14)11-13-6-5-9-15(10-13)20(23)24/h2-11H,1H3,(H,18,21)(H,19,22)/b16-11+. The molecule has 0 atom stereocenters. The van der Waals surface area contributed by atoms with E-state index >= 15 is 0 Å². The Morgan fingerprint density at radius 1 is 1.08 bits per heavy atom. The van der Waals surface area contributed by atoms with Gasteiger partial charge in [0.2, 0.25) is 5.91 Å². The van der Waals surface area contributed by atoms with Crippen molar-refractivity contribution in [1.29, 1.82) is 0 Å². The molecule has 7 nitrogen and oxygen atoms in total. The number of carbonyl (C=O) groups excluding carboxylic acids is 2. The van der Waals surface area contributed by atoms with Crippen molar-refractivity contribution < 1.29 is 14.5 Å². The SMILES string of the molecule is CC(=O)N/C(=C/c1cccc([N+](=O)[O-])c1)C(=O)Nc1ccccc1. The monoisotopic (exact) mass is 325 g/mol. The molecule has 0 bridgehead atoms. The summed E-state index contributed by atoms with van der Waals surface area (Å²) in [6.07, 6.45) is 1.38. The fourth-order valence-electron chi connectivity index (χ4n) is 1.96. The maximum Gasteiger partial charge on any atom is 0.272 e. The van der Waals surface area contributed by atoms with Crippen molar-refractivity contribution in [1.82, 2.24) is 5.32 Å². The van der Waals surface area contributed by atoms with E-state index in [0.717, 1.165) is 0 Å². The van der Waals surface area contributed by atoms with Crippen LogP contribution in [-0.4, -0.2) is 16.7 Å². The van der Waals surface area contributed by atoms with Gasteiger partial charge in [-0.3, -0.25) is 19.7 Å².